The predicted octanol–water partition coefficient (Wildman–Crippen LogP) is 5.37. The molecule has 2 heterocycles. The van der Waals surface area contributed by atoms with Crippen molar-refractivity contribution < 1.29 is 14.3 Å². The third-order valence-electron chi connectivity index (χ3n) is 8.77. The van der Waals surface area contributed by atoms with Gasteiger partial charge in [-0.2, -0.15) is 0 Å². The molecule has 0 atom stereocenters. The van der Waals surface area contributed by atoms with Gasteiger partial charge in [0.25, 0.3) is 0 Å². The van der Waals surface area contributed by atoms with Crippen molar-refractivity contribution in [1.82, 2.24) is 20.0 Å². The molecular formula is C36H47N5O3. The number of ketones is 1. The summed E-state index contributed by atoms with van der Waals surface area (Å²) in [6, 6.07) is 26.5. The molecule has 2 N–H and O–H groups in total. The second-order valence-electron chi connectivity index (χ2n) is 12.2. The first-order valence-corrected chi connectivity index (χ1v) is 16.1. The molecule has 8 heteroatoms. The van der Waals surface area contributed by atoms with Gasteiger partial charge < -0.3 is 15.0 Å². The molecule has 0 aliphatic carbocycles. The summed E-state index contributed by atoms with van der Waals surface area (Å²) in [6.07, 6.45) is 1.08. The van der Waals surface area contributed by atoms with E-state index in [0.717, 1.165) is 94.1 Å². The Morgan fingerprint density at radius 3 is 2.20 bits per heavy atom. The van der Waals surface area contributed by atoms with Gasteiger partial charge >= 0.3 is 6.09 Å². The van der Waals surface area contributed by atoms with Gasteiger partial charge in [-0.05, 0) is 43.9 Å². The van der Waals surface area contributed by atoms with Crippen LogP contribution in [0.4, 0.5) is 10.5 Å². The highest BCUT2D eigenvalue weighted by Gasteiger charge is 2.23. The lowest BCUT2D eigenvalue weighted by Gasteiger charge is -2.36. The fourth-order valence-electron chi connectivity index (χ4n) is 6.04. The second-order valence-corrected chi connectivity index (χ2v) is 12.2. The van der Waals surface area contributed by atoms with Gasteiger partial charge in [0.15, 0.2) is 5.78 Å². The van der Waals surface area contributed by atoms with Crippen LogP contribution in [0, 0.1) is 0 Å². The number of benzene rings is 3. The lowest BCUT2D eigenvalue weighted by Crippen LogP contribution is -2.48. The molecule has 3 aromatic rings. The Morgan fingerprint density at radius 1 is 0.818 bits per heavy atom. The van der Waals surface area contributed by atoms with Crippen LogP contribution < -0.4 is 10.6 Å². The molecule has 1 amide bonds. The van der Waals surface area contributed by atoms with Crippen molar-refractivity contribution in [2.24, 2.45) is 0 Å². The second kappa shape index (κ2) is 16.0. The first-order valence-electron chi connectivity index (χ1n) is 16.1. The van der Waals surface area contributed by atoms with Crippen LogP contribution in [0.2, 0.25) is 0 Å². The predicted molar refractivity (Wildman–Crippen MR) is 177 cm³/mol. The number of ether oxygens (including phenoxy) is 1. The molecule has 0 bridgehead atoms. The van der Waals surface area contributed by atoms with Gasteiger partial charge in [-0.15, -0.1) is 0 Å². The van der Waals surface area contributed by atoms with E-state index in [9.17, 15) is 9.59 Å². The Hall–Kier alpha value is -3.56. The third kappa shape index (κ3) is 9.22. The fraction of sp³-hybridized carbons (Fsp3) is 0.444. The molecule has 44 heavy (non-hydrogen) atoms. The minimum Gasteiger partial charge on any atom is -0.446 e. The van der Waals surface area contributed by atoms with Crippen LogP contribution >= 0.6 is 0 Å². The Labute approximate surface area is 262 Å². The molecule has 0 aromatic heterocycles. The largest absolute Gasteiger partial charge is 0.446 e. The number of nitrogens with one attached hydrogen (secondary N) is 2. The van der Waals surface area contributed by atoms with Crippen LogP contribution in [0.3, 0.4) is 0 Å². The smallest absolute Gasteiger partial charge is 0.411 e. The average Bonchev–Trinajstić information content (AvgIpc) is 3.05. The first-order chi connectivity index (χ1) is 21.4. The molecule has 2 aliphatic rings. The summed E-state index contributed by atoms with van der Waals surface area (Å²) in [5.74, 6) is 0.119. The zero-order chi connectivity index (χ0) is 30.7. The molecule has 0 spiro atoms. The zero-order valence-electron chi connectivity index (χ0n) is 26.2. The molecule has 0 saturated carbocycles. The van der Waals surface area contributed by atoms with Gasteiger partial charge in [0, 0.05) is 76.1 Å². The van der Waals surface area contributed by atoms with E-state index in [-0.39, 0.29) is 11.9 Å². The average molecular weight is 598 g/mol. The zero-order valence-corrected chi connectivity index (χ0v) is 26.2. The van der Waals surface area contributed by atoms with Gasteiger partial charge in [-0.3, -0.25) is 19.9 Å². The highest BCUT2D eigenvalue weighted by Crippen LogP contribution is 2.28. The number of para-hydroxylation sites is 1. The van der Waals surface area contributed by atoms with E-state index in [4.69, 9.17) is 4.74 Å². The number of nitrogens with zero attached hydrogens (tertiary/aromatic N) is 3. The van der Waals surface area contributed by atoms with Gasteiger partial charge in [0.05, 0.1) is 12.2 Å². The lowest BCUT2D eigenvalue weighted by molar-refractivity contribution is 0.0593. The highest BCUT2D eigenvalue weighted by atomic mass is 16.6. The van der Waals surface area contributed by atoms with E-state index in [1.54, 1.807) is 0 Å². The Bertz CT molecular complexity index is 1330. The molecule has 234 valence electrons. The van der Waals surface area contributed by atoms with Crippen molar-refractivity contribution in [3.8, 4) is 11.1 Å². The summed E-state index contributed by atoms with van der Waals surface area (Å²) in [5, 5.41) is 6.25. The maximum absolute atomic E-state index is 12.7. The third-order valence-corrected chi connectivity index (χ3v) is 8.77. The van der Waals surface area contributed by atoms with Crippen LogP contribution in [0.5, 0.6) is 0 Å². The molecular weight excluding hydrogens is 550 g/mol. The molecule has 2 aliphatic heterocycles. The number of amides is 1. The minimum atomic E-state index is -0.412. The molecule has 5 rings (SSSR count). The number of carbonyl (C=O) groups excluding carboxylic acids is 2. The maximum Gasteiger partial charge on any atom is 0.411 e. The lowest BCUT2D eigenvalue weighted by atomic mass is 10.0. The Balaban J connectivity index is 0.960. The SMILES string of the molecule is CC(C)N1CCN(Cc2ccc(C(=O)CNCCN3CCC(OC(=O)Nc4ccccc4-c4ccccc4)CC3)cc2)CC1. The van der Waals surface area contributed by atoms with Crippen molar-refractivity contribution in [1.29, 1.82) is 0 Å². The van der Waals surface area contributed by atoms with Gasteiger partial charge in [-0.1, -0.05) is 72.8 Å². The minimum absolute atomic E-state index is 0.0997. The number of carbonyl (C=O) groups is 2. The van der Waals surface area contributed by atoms with E-state index in [1.807, 2.05) is 66.7 Å². The van der Waals surface area contributed by atoms with E-state index in [1.165, 1.54) is 5.56 Å². The van der Waals surface area contributed by atoms with Crippen LogP contribution in [0.1, 0.15) is 42.6 Å². The van der Waals surface area contributed by atoms with Gasteiger partial charge in [0.1, 0.15) is 6.10 Å². The summed E-state index contributed by atoms with van der Waals surface area (Å²) in [6.45, 7) is 13.5. The standard InChI is InChI=1S/C36H47N5O3/c1-28(2)41-24-22-40(23-25-41)27-29-12-14-31(15-13-29)35(42)26-37-18-21-39-19-16-32(17-20-39)44-36(43)38-34-11-7-6-10-33(34)30-8-4-3-5-9-30/h3-15,28,32,37H,16-27H2,1-2H3,(H,38,43). The van der Waals surface area contributed by atoms with Crippen LogP contribution in [0.15, 0.2) is 78.9 Å². The maximum atomic E-state index is 12.7. The Kier molecular flexibility index (Phi) is 11.5. The fourth-order valence-corrected chi connectivity index (χ4v) is 6.04. The number of piperidine rings is 1. The summed E-state index contributed by atoms with van der Waals surface area (Å²) < 4.78 is 5.76. The molecule has 2 saturated heterocycles. The summed E-state index contributed by atoms with van der Waals surface area (Å²) in [4.78, 5) is 32.8. The number of hydrogen-bond acceptors (Lipinski definition) is 7. The van der Waals surface area contributed by atoms with Crippen LogP contribution in [-0.4, -0.2) is 97.6 Å². The molecule has 0 unspecified atom stereocenters. The van der Waals surface area contributed by atoms with Crippen LogP contribution in [0.25, 0.3) is 11.1 Å². The van der Waals surface area contributed by atoms with Gasteiger partial charge in [-0.25, -0.2) is 4.79 Å². The highest BCUT2D eigenvalue weighted by molar-refractivity contribution is 5.97. The van der Waals surface area contributed by atoms with E-state index < -0.39 is 6.09 Å². The topological polar surface area (TPSA) is 77.2 Å². The molecule has 3 aromatic carbocycles. The molecule has 0 radical (unpaired) electrons. The number of Topliss-reactive ketones (excluding diaryl/α,β-unsaturated/α-hetero) is 1. The summed E-state index contributed by atoms with van der Waals surface area (Å²) in [5.41, 5.74) is 4.78. The number of piperazine rings is 1. The monoisotopic (exact) mass is 597 g/mol. The van der Waals surface area contributed by atoms with Crippen molar-refractivity contribution in [2.75, 3.05) is 64.2 Å². The van der Waals surface area contributed by atoms with E-state index in [0.29, 0.717) is 12.6 Å². The number of hydrogen-bond donors (Lipinski definition) is 2. The van der Waals surface area contributed by atoms with Crippen LogP contribution in [-0.2, 0) is 11.3 Å². The summed E-state index contributed by atoms with van der Waals surface area (Å²) in [7, 11) is 0. The van der Waals surface area contributed by atoms with Crippen molar-refractivity contribution in [3.05, 3.63) is 90.0 Å². The van der Waals surface area contributed by atoms with Crippen molar-refractivity contribution in [2.45, 2.75) is 45.4 Å². The van der Waals surface area contributed by atoms with Crippen molar-refractivity contribution >= 4 is 17.6 Å². The number of anilines is 1. The molecule has 8 nitrogen and oxygen atoms in total. The van der Waals surface area contributed by atoms with Crippen molar-refractivity contribution in [3.63, 3.8) is 0 Å². The number of likely N-dealkylation sites (tertiary alicyclic amines) is 1. The quantitative estimate of drug-likeness (QED) is 0.215. The van der Waals surface area contributed by atoms with E-state index in [2.05, 4.69) is 51.3 Å². The first kappa shape index (κ1) is 31.9. The molecule has 2 fully saturated rings. The summed E-state index contributed by atoms with van der Waals surface area (Å²) >= 11 is 0. The van der Waals surface area contributed by atoms with Gasteiger partial charge in [0.2, 0.25) is 0 Å². The van der Waals surface area contributed by atoms with E-state index >= 15 is 0 Å². The Morgan fingerprint density at radius 2 is 1.50 bits per heavy atom. The number of rotatable bonds is 12. The normalized spacial score (nSPS) is 17.1.